The lowest BCUT2D eigenvalue weighted by molar-refractivity contribution is -0.135. The van der Waals surface area contributed by atoms with Crippen LogP contribution in [-0.2, 0) is 17.9 Å². The van der Waals surface area contributed by atoms with Crippen molar-refractivity contribution in [1.29, 1.82) is 0 Å². The van der Waals surface area contributed by atoms with Crippen molar-refractivity contribution in [2.45, 2.75) is 71.5 Å². The van der Waals surface area contributed by atoms with E-state index in [4.69, 9.17) is 0 Å². The number of hydrogen-bond acceptors (Lipinski definition) is 3. The monoisotopic (exact) mass is 427 g/mol. The van der Waals surface area contributed by atoms with Crippen molar-refractivity contribution in [3.05, 3.63) is 35.4 Å². The van der Waals surface area contributed by atoms with Crippen LogP contribution in [0.15, 0.2) is 29.3 Å². The number of rotatable bonds is 8. The van der Waals surface area contributed by atoms with Gasteiger partial charge in [0.15, 0.2) is 5.96 Å². The van der Waals surface area contributed by atoms with Gasteiger partial charge in [-0.05, 0) is 43.5 Å². The number of carbonyl (C=O) groups is 1. The summed E-state index contributed by atoms with van der Waals surface area (Å²) in [6.07, 6.45) is 6.83. The van der Waals surface area contributed by atoms with Crippen LogP contribution in [0.4, 0.5) is 0 Å². The van der Waals surface area contributed by atoms with Gasteiger partial charge in [-0.25, -0.2) is 0 Å². The molecule has 1 aromatic carbocycles. The summed E-state index contributed by atoms with van der Waals surface area (Å²) in [7, 11) is 1.81. The second-order valence-electron chi connectivity index (χ2n) is 8.95. The van der Waals surface area contributed by atoms with Gasteiger partial charge in [0.2, 0.25) is 5.91 Å². The molecule has 1 heterocycles. The van der Waals surface area contributed by atoms with Crippen molar-refractivity contribution in [3.63, 3.8) is 0 Å². The number of hydrogen-bond donors (Lipinski definition) is 2. The minimum atomic E-state index is 0.259. The molecule has 1 aliphatic heterocycles. The van der Waals surface area contributed by atoms with Crippen molar-refractivity contribution in [3.8, 4) is 0 Å². The molecule has 1 amide bonds. The fraction of sp³-hybridized carbons (Fsp3) is 0.680. The molecule has 1 saturated heterocycles. The number of amides is 1. The summed E-state index contributed by atoms with van der Waals surface area (Å²) < 4.78 is 0. The van der Waals surface area contributed by atoms with E-state index >= 15 is 0 Å². The van der Waals surface area contributed by atoms with Crippen LogP contribution < -0.4 is 10.6 Å². The Morgan fingerprint density at radius 1 is 1.06 bits per heavy atom. The largest absolute Gasteiger partial charge is 0.352 e. The molecule has 1 unspecified atom stereocenters. The normalized spacial score (nSPS) is 20.3. The summed E-state index contributed by atoms with van der Waals surface area (Å²) in [5.41, 5.74) is 2.59. The van der Waals surface area contributed by atoms with E-state index in [1.165, 1.54) is 30.4 Å². The van der Waals surface area contributed by atoms with E-state index in [2.05, 4.69) is 63.5 Å². The molecule has 2 N–H and O–H groups in total. The molecular weight excluding hydrogens is 386 g/mol. The summed E-state index contributed by atoms with van der Waals surface area (Å²) in [4.78, 5) is 21.7. The van der Waals surface area contributed by atoms with Gasteiger partial charge < -0.3 is 15.5 Å². The van der Waals surface area contributed by atoms with Gasteiger partial charge in [0, 0.05) is 45.2 Å². The minimum absolute atomic E-state index is 0.259. The molecule has 6 nitrogen and oxygen atoms in total. The second-order valence-corrected chi connectivity index (χ2v) is 8.95. The van der Waals surface area contributed by atoms with Crippen molar-refractivity contribution < 1.29 is 4.79 Å². The number of nitrogens with one attached hydrogen (secondary N) is 2. The van der Waals surface area contributed by atoms with Gasteiger partial charge in [-0.15, -0.1) is 0 Å². The molecule has 1 saturated carbocycles. The Bertz CT molecular complexity index is 707. The SMILES string of the molecule is CCN(CC)Cc1ccc(CNC(=NC)NC2CCN(C(=O)C3CCCCC3)C2)cc1. The Labute approximate surface area is 188 Å². The van der Waals surface area contributed by atoms with Crippen LogP contribution in [0.3, 0.4) is 0 Å². The summed E-state index contributed by atoms with van der Waals surface area (Å²) in [5.74, 6) is 1.44. The standard InChI is InChI=1S/C25H41N5O/c1-4-29(5-2)18-21-13-11-20(12-14-21)17-27-25(26-3)28-23-15-16-30(19-23)24(31)22-9-7-6-8-10-22/h11-14,22-23H,4-10,15-19H2,1-3H3,(H2,26,27,28). The lowest BCUT2D eigenvalue weighted by Crippen LogP contribution is -2.45. The van der Waals surface area contributed by atoms with Crippen molar-refractivity contribution >= 4 is 11.9 Å². The molecule has 1 aromatic rings. The molecule has 0 bridgehead atoms. The first kappa shape index (κ1) is 23.6. The Hall–Kier alpha value is -2.08. The molecule has 2 aliphatic rings. The van der Waals surface area contributed by atoms with Crippen molar-refractivity contribution in [2.24, 2.45) is 10.9 Å². The van der Waals surface area contributed by atoms with E-state index in [-0.39, 0.29) is 12.0 Å². The van der Waals surface area contributed by atoms with Gasteiger partial charge in [0.1, 0.15) is 0 Å². The third-order valence-corrected chi connectivity index (χ3v) is 6.80. The van der Waals surface area contributed by atoms with Crippen LogP contribution in [0.2, 0.25) is 0 Å². The molecule has 0 spiro atoms. The van der Waals surface area contributed by atoms with Crippen LogP contribution in [0.25, 0.3) is 0 Å². The maximum atomic E-state index is 12.8. The molecule has 31 heavy (non-hydrogen) atoms. The van der Waals surface area contributed by atoms with Crippen LogP contribution in [0, 0.1) is 5.92 Å². The molecule has 0 aromatic heterocycles. The van der Waals surface area contributed by atoms with Crippen LogP contribution in [0.1, 0.15) is 63.5 Å². The highest BCUT2D eigenvalue weighted by molar-refractivity contribution is 5.81. The number of likely N-dealkylation sites (tertiary alicyclic amines) is 1. The highest BCUT2D eigenvalue weighted by Gasteiger charge is 2.31. The average molecular weight is 428 g/mol. The first-order valence-electron chi connectivity index (χ1n) is 12.2. The average Bonchev–Trinajstić information content (AvgIpc) is 3.29. The third-order valence-electron chi connectivity index (χ3n) is 6.80. The van der Waals surface area contributed by atoms with Gasteiger partial charge in [-0.1, -0.05) is 57.4 Å². The van der Waals surface area contributed by atoms with Crippen LogP contribution in [0.5, 0.6) is 0 Å². The van der Waals surface area contributed by atoms with E-state index in [9.17, 15) is 4.79 Å². The topological polar surface area (TPSA) is 60.0 Å². The van der Waals surface area contributed by atoms with E-state index in [0.717, 1.165) is 64.5 Å². The highest BCUT2D eigenvalue weighted by atomic mass is 16.2. The zero-order valence-electron chi connectivity index (χ0n) is 19.7. The smallest absolute Gasteiger partial charge is 0.225 e. The molecule has 2 fully saturated rings. The van der Waals surface area contributed by atoms with Crippen molar-refractivity contribution in [1.82, 2.24) is 20.4 Å². The van der Waals surface area contributed by atoms with Crippen LogP contribution >= 0.6 is 0 Å². The number of nitrogens with zero attached hydrogens (tertiary/aromatic N) is 3. The molecular formula is C25H41N5O. The maximum absolute atomic E-state index is 12.8. The lowest BCUT2D eigenvalue weighted by Gasteiger charge is -2.26. The summed E-state index contributed by atoms with van der Waals surface area (Å²) in [5, 5.41) is 6.94. The molecule has 172 valence electrons. The van der Waals surface area contributed by atoms with Gasteiger partial charge in [-0.2, -0.15) is 0 Å². The molecule has 6 heteroatoms. The molecule has 0 radical (unpaired) electrons. The van der Waals surface area contributed by atoms with E-state index < -0.39 is 0 Å². The minimum Gasteiger partial charge on any atom is -0.352 e. The van der Waals surface area contributed by atoms with Gasteiger partial charge >= 0.3 is 0 Å². The second kappa shape index (κ2) is 12.1. The quantitative estimate of drug-likeness (QED) is 0.493. The van der Waals surface area contributed by atoms with Gasteiger partial charge in [0.05, 0.1) is 0 Å². The first-order chi connectivity index (χ1) is 15.1. The number of benzene rings is 1. The van der Waals surface area contributed by atoms with Gasteiger partial charge in [-0.3, -0.25) is 14.7 Å². The summed E-state index contributed by atoms with van der Waals surface area (Å²) in [6.45, 7) is 9.95. The maximum Gasteiger partial charge on any atom is 0.225 e. The summed E-state index contributed by atoms with van der Waals surface area (Å²) >= 11 is 0. The van der Waals surface area contributed by atoms with Gasteiger partial charge in [0.25, 0.3) is 0 Å². The molecule has 1 atom stereocenters. The number of guanidine groups is 1. The predicted octanol–water partition coefficient (Wildman–Crippen LogP) is 3.37. The predicted molar refractivity (Wildman–Crippen MR) is 128 cm³/mol. The zero-order chi connectivity index (χ0) is 22.1. The number of carbonyl (C=O) groups excluding carboxylic acids is 1. The fourth-order valence-electron chi connectivity index (χ4n) is 4.73. The highest BCUT2D eigenvalue weighted by Crippen LogP contribution is 2.26. The first-order valence-corrected chi connectivity index (χ1v) is 12.2. The lowest BCUT2D eigenvalue weighted by atomic mass is 9.88. The van der Waals surface area contributed by atoms with Crippen molar-refractivity contribution in [2.75, 3.05) is 33.2 Å². The fourth-order valence-corrected chi connectivity index (χ4v) is 4.73. The Morgan fingerprint density at radius 2 is 1.74 bits per heavy atom. The molecule has 1 aliphatic carbocycles. The van der Waals surface area contributed by atoms with Crippen LogP contribution in [-0.4, -0.2) is 60.9 Å². The van der Waals surface area contributed by atoms with E-state index in [1.54, 1.807) is 0 Å². The summed E-state index contributed by atoms with van der Waals surface area (Å²) in [6, 6.07) is 9.10. The Kier molecular flexibility index (Phi) is 9.19. The third kappa shape index (κ3) is 6.96. The van der Waals surface area contributed by atoms with E-state index in [0.29, 0.717) is 5.91 Å². The molecule has 3 rings (SSSR count). The Morgan fingerprint density at radius 3 is 2.39 bits per heavy atom. The zero-order valence-corrected chi connectivity index (χ0v) is 19.7. The number of aliphatic imine (C=N–C) groups is 1. The Balaban J connectivity index is 1.43. The van der Waals surface area contributed by atoms with E-state index in [1.807, 2.05) is 7.05 Å².